The average molecular weight is 255 g/mol. The third kappa shape index (κ3) is 2.43. The van der Waals surface area contributed by atoms with E-state index in [-0.39, 0.29) is 0 Å². The van der Waals surface area contributed by atoms with E-state index in [0.29, 0.717) is 29.0 Å². The van der Waals surface area contributed by atoms with Gasteiger partial charge in [0.05, 0.1) is 16.8 Å². The standard InChI is InChI=1S/C12H12F3N3/c1-7-17-10-5-8(12(13,14)15)3-4-9(10)11(18-7)6-16-2/h3-5,16H,6H2,1-2H3. The van der Waals surface area contributed by atoms with Crippen molar-refractivity contribution in [1.82, 2.24) is 15.3 Å². The Bertz CT molecular complexity index is 579. The van der Waals surface area contributed by atoms with Crippen LogP contribution in [0.25, 0.3) is 10.9 Å². The van der Waals surface area contributed by atoms with E-state index >= 15 is 0 Å². The van der Waals surface area contributed by atoms with Gasteiger partial charge in [-0.3, -0.25) is 0 Å². The number of alkyl halides is 3. The molecule has 0 aliphatic rings. The Morgan fingerprint density at radius 1 is 1.22 bits per heavy atom. The van der Waals surface area contributed by atoms with Gasteiger partial charge in [0, 0.05) is 11.9 Å². The second-order valence-electron chi connectivity index (χ2n) is 3.98. The van der Waals surface area contributed by atoms with Gasteiger partial charge in [0.1, 0.15) is 5.82 Å². The van der Waals surface area contributed by atoms with Crippen molar-refractivity contribution in [3.05, 3.63) is 35.3 Å². The molecule has 0 amide bonds. The van der Waals surface area contributed by atoms with Crippen LogP contribution in [-0.2, 0) is 12.7 Å². The second kappa shape index (κ2) is 4.53. The van der Waals surface area contributed by atoms with E-state index in [9.17, 15) is 13.2 Å². The summed E-state index contributed by atoms with van der Waals surface area (Å²) < 4.78 is 37.8. The molecular weight excluding hydrogens is 243 g/mol. The largest absolute Gasteiger partial charge is 0.416 e. The van der Waals surface area contributed by atoms with Gasteiger partial charge < -0.3 is 5.32 Å². The van der Waals surface area contributed by atoms with Gasteiger partial charge in [-0.15, -0.1) is 0 Å². The number of hydrogen-bond donors (Lipinski definition) is 1. The number of benzene rings is 1. The maximum Gasteiger partial charge on any atom is 0.416 e. The third-order valence-electron chi connectivity index (χ3n) is 2.56. The smallest absolute Gasteiger partial charge is 0.314 e. The monoisotopic (exact) mass is 255 g/mol. The van der Waals surface area contributed by atoms with Crippen LogP contribution < -0.4 is 5.32 Å². The number of nitrogens with one attached hydrogen (secondary N) is 1. The van der Waals surface area contributed by atoms with Crippen molar-refractivity contribution in [1.29, 1.82) is 0 Å². The molecular formula is C12H12F3N3. The van der Waals surface area contributed by atoms with Crippen molar-refractivity contribution >= 4 is 10.9 Å². The Labute approximate surface area is 102 Å². The summed E-state index contributed by atoms with van der Waals surface area (Å²) in [5.74, 6) is 0.465. The van der Waals surface area contributed by atoms with E-state index in [0.717, 1.165) is 12.1 Å². The average Bonchev–Trinajstić information content (AvgIpc) is 2.27. The minimum atomic E-state index is -4.35. The number of aromatic nitrogens is 2. The first-order chi connectivity index (χ1) is 8.41. The molecule has 0 aliphatic heterocycles. The van der Waals surface area contributed by atoms with Gasteiger partial charge in [0.25, 0.3) is 0 Å². The lowest BCUT2D eigenvalue weighted by molar-refractivity contribution is -0.137. The van der Waals surface area contributed by atoms with Gasteiger partial charge in [0.2, 0.25) is 0 Å². The van der Waals surface area contributed by atoms with Crippen molar-refractivity contribution in [3.63, 3.8) is 0 Å². The summed E-state index contributed by atoms with van der Waals surface area (Å²) in [6, 6.07) is 3.54. The van der Waals surface area contributed by atoms with Crippen LogP contribution in [0.15, 0.2) is 18.2 Å². The Hall–Kier alpha value is -1.69. The molecule has 2 rings (SSSR count). The summed E-state index contributed by atoms with van der Waals surface area (Å²) >= 11 is 0. The number of halogens is 3. The minimum Gasteiger partial charge on any atom is -0.314 e. The predicted molar refractivity (Wildman–Crippen MR) is 62.0 cm³/mol. The first kappa shape index (κ1) is 12.8. The molecule has 1 aromatic heterocycles. The van der Waals surface area contributed by atoms with Crippen molar-refractivity contribution in [2.75, 3.05) is 7.05 Å². The molecule has 0 aliphatic carbocycles. The van der Waals surface area contributed by atoms with E-state index in [1.54, 1.807) is 14.0 Å². The summed E-state index contributed by atoms with van der Waals surface area (Å²) in [5.41, 5.74) is 0.333. The molecule has 1 N–H and O–H groups in total. The van der Waals surface area contributed by atoms with Crippen molar-refractivity contribution in [2.24, 2.45) is 0 Å². The van der Waals surface area contributed by atoms with E-state index in [1.807, 2.05) is 0 Å². The summed E-state index contributed by atoms with van der Waals surface area (Å²) in [4.78, 5) is 8.28. The number of nitrogens with zero attached hydrogens (tertiary/aromatic N) is 2. The predicted octanol–water partition coefficient (Wildman–Crippen LogP) is 2.68. The SMILES string of the molecule is CNCc1nc(C)nc2cc(C(F)(F)F)ccc12. The van der Waals surface area contributed by atoms with Crippen LogP contribution in [0, 0.1) is 6.92 Å². The zero-order valence-electron chi connectivity index (χ0n) is 9.97. The maximum absolute atomic E-state index is 12.6. The van der Waals surface area contributed by atoms with E-state index in [4.69, 9.17) is 0 Å². The molecule has 6 heteroatoms. The lowest BCUT2D eigenvalue weighted by atomic mass is 10.1. The summed E-state index contributed by atoms with van der Waals surface area (Å²) in [6.07, 6.45) is -4.35. The first-order valence-corrected chi connectivity index (χ1v) is 5.41. The normalized spacial score (nSPS) is 12.1. The lowest BCUT2D eigenvalue weighted by Gasteiger charge is -2.10. The van der Waals surface area contributed by atoms with Crippen LogP contribution in [0.4, 0.5) is 13.2 Å². The quantitative estimate of drug-likeness (QED) is 0.896. The third-order valence-corrected chi connectivity index (χ3v) is 2.56. The van der Waals surface area contributed by atoms with Gasteiger partial charge >= 0.3 is 6.18 Å². The Kier molecular flexibility index (Phi) is 3.21. The molecule has 0 saturated heterocycles. The molecule has 0 bridgehead atoms. The van der Waals surface area contributed by atoms with Crippen LogP contribution in [0.2, 0.25) is 0 Å². The summed E-state index contributed by atoms with van der Waals surface area (Å²) in [5, 5.41) is 3.58. The van der Waals surface area contributed by atoms with Crippen LogP contribution in [0.1, 0.15) is 17.1 Å². The zero-order valence-corrected chi connectivity index (χ0v) is 9.97. The zero-order chi connectivity index (χ0) is 13.3. The van der Waals surface area contributed by atoms with E-state index in [2.05, 4.69) is 15.3 Å². The molecule has 2 aromatic rings. The fourth-order valence-corrected chi connectivity index (χ4v) is 1.80. The van der Waals surface area contributed by atoms with Crippen LogP contribution in [0.5, 0.6) is 0 Å². The van der Waals surface area contributed by atoms with Crippen LogP contribution >= 0.6 is 0 Å². The maximum atomic E-state index is 12.6. The van der Waals surface area contributed by atoms with Gasteiger partial charge in [-0.05, 0) is 26.1 Å². The Balaban J connectivity index is 2.64. The van der Waals surface area contributed by atoms with E-state index in [1.165, 1.54) is 6.07 Å². The lowest BCUT2D eigenvalue weighted by Crippen LogP contribution is -2.10. The Morgan fingerprint density at radius 3 is 2.56 bits per heavy atom. The molecule has 0 fully saturated rings. The first-order valence-electron chi connectivity index (χ1n) is 5.41. The van der Waals surface area contributed by atoms with Gasteiger partial charge in [-0.1, -0.05) is 6.07 Å². The number of fused-ring (bicyclic) bond motifs is 1. The number of hydrogen-bond acceptors (Lipinski definition) is 3. The fourth-order valence-electron chi connectivity index (χ4n) is 1.80. The van der Waals surface area contributed by atoms with Crippen molar-refractivity contribution in [3.8, 4) is 0 Å². The summed E-state index contributed by atoms with van der Waals surface area (Å²) in [6.45, 7) is 2.16. The van der Waals surface area contributed by atoms with Gasteiger partial charge in [-0.2, -0.15) is 13.2 Å². The topological polar surface area (TPSA) is 37.8 Å². The molecule has 18 heavy (non-hydrogen) atoms. The fraction of sp³-hybridized carbons (Fsp3) is 0.333. The minimum absolute atomic E-state index is 0.322. The second-order valence-corrected chi connectivity index (χ2v) is 3.98. The van der Waals surface area contributed by atoms with Crippen LogP contribution in [0.3, 0.4) is 0 Å². The Morgan fingerprint density at radius 2 is 1.94 bits per heavy atom. The van der Waals surface area contributed by atoms with Crippen molar-refractivity contribution in [2.45, 2.75) is 19.6 Å². The molecule has 0 radical (unpaired) electrons. The molecule has 1 aromatic carbocycles. The van der Waals surface area contributed by atoms with Crippen LogP contribution in [-0.4, -0.2) is 17.0 Å². The highest BCUT2D eigenvalue weighted by molar-refractivity contribution is 5.81. The molecule has 3 nitrogen and oxygen atoms in total. The molecule has 0 unspecified atom stereocenters. The number of rotatable bonds is 2. The highest BCUT2D eigenvalue weighted by atomic mass is 19.4. The molecule has 96 valence electrons. The summed E-state index contributed by atoms with van der Waals surface area (Å²) in [7, 11) is 1.76. The van der Waals surface area contributed by atoms with Crippen molar-refractivity contribution < 1.29 is 13.2 Å². The highest BCUT2D eigenvalue weighted by Gasteiger charge is 2.30. The van der Waals surface area contributed by atoms with Gasteiger partial charge in [-0.25, -0.2) is 9.97 Å². The number of aryl methyl sites for hydroxylation is 1. The molecule has 0 spiro atoms. The van der Waals surface area contributed by atoms with Gasteiger partial charge in [0.15, 0.2) is 0 Å². The molecule has 1 heterocycles. The molecule has 0 atom stereocenters. The molecule has 0 saturated carbocycles. The highest BCUT2D eigenvalue weighted by Crippen LogP contribution is 2.31. The van der Waals surface area contributed by atoms with E-state index < -0.39 is 11.7 Å².